The van der Waals surface area contributed by atoms with E-state index in [4.69, 9.17) is 4.74 Å². The van der Waals surface area contributed by atoms with Gasteiger partial charge >= 0.3 is 0 Å². The van der Waals surface area contributed by atoms with Gasteiger partial charge in [0.2, 0.25) is 11.8 Å². The first-order valence-corrected chi connectivity index (χ1v) is 16.7. The summed E-state index contributed by atoms with van der Waals surface area (Å²) in [5.74, 6) is -1.10. The second kappa shape index (κ2) is 18.3. The summed E-state index contributed by atoms with van der Waals surface area (Å²) in [7, 11) is 0. The molecule has 5 unspecified atom stereocenters. The number of amides is 2. The van der Waals surface area contributed by atoms with Gasteiger partial charge in [-0.05, 0) is 52.3 Å². The van der Waals surface area contributed by atoms with Gasteiger partial charge in [0.15, 0.2) is 0 Å². The molecule has 250 valence electrons. The average molecular weight is 639 g/mol. The van der Waals surface area contributed by atoms with E-state index in [-0.39, 0.29) is 36.7 Å². The number of carbonyl (C=O) groups is 2. The predicted octanol–water partition coefficient (Wildman–Crippen LogP) is 5.78. The van der Waals surface area contributed by atoms with Crippen LogP contribution < -0.4 is 16.0 Å². The first-order valence-electron chi connectivity index (χ1n) is 16.7. The van der Waals surface area contributed by atoms with E-state index in [1.807, 2.05) is 94.4 Å². The molecule has 4 N–H and O–H groups in total. The molecule has 0 saturated heterocycles. The molecule has 0 aliphatic carbocycles. The fourth-order valence-electron chi connectivity index (χ4n) is 5.72. The van der Waals surface area contributed by atoms with Crippen LogP contribution in [0.5, 0.6) is 0 Å². The number of fused-ring (bicyclic) bond motifs is 1. The van der Waals surface area contributed by atoms with Gasteiger partial charge in [0.1, 0.15) is 6.04 Å². The van der Waals surface area contributed by atoms with Crippen molar-refractivity contribution in [3.63, 3.8) is 0 Å². The molecular weight excluding hydrogens is 588 g/mol. The summed E-state index contributed by atoms with van der Waals surface area (Å²) < 4.78 is 6.21. The van der Waals surface area contributed by atoms with Gasteiger partial charge in [0, 0.05) is 25.2 Å². The highest BCUT2D eigenvalue weighted by atomic mass is 16.5. The fraction of sp³-hybridized carbons (Fsp3) is 0.410. The van der Waals surface area contributed by atoms with Crippen molar-refractivity contribution in [2.24, 2.45) is 17.8 Å². The van der Waals surface area contributed by atoms with E-state index in [2.05, 4.69) is 45.2 Å². The first-order chi connectivity index (χ1) is 22.8. The van der Waals surface area contributed by atoms with E-state index in [1.165, 1.54) is 0 Å². The molecule has 8 heteroatoms. The molecule has 0 aliphatic heterocycles. The van der Waals surface area contributed by atoms with Crippen LogP contribution in [0.2, 0.25) is 0 Å². The molecule has 2 amide bonds. The average Bonchev–Trinajstić information content (AvgIpc) is 3.10. The summed E-state index contributed by atoms with van der Waals surface area (Å²) in [6, 6.07) is 28.6. The van der Waals surface area contributed by atoms with Gasteiger partial charge in [-0.25, -0.2) is 0 Å². The Balaban J connectivity index is 1.43. The Morgan fingerprint density at radius 1 is 0.851 bits per heavy atom. The maximum Gasteiger partial charge on any atom is 0.243 e. The molecule has 4 aromatic rings. The minimum absolute atomic E-state index is 0.0669. The van der Waals surface area contributed by atoms with E-state index in [0.717, 1.165) is 34.0 Å². The molecule has 0 saturated carbocycles. The summed E-state index contributed by atoms with van der Waals surface area (Å²) in [4.78, 5) is 31.5. The normalized spacial score (nSPS) is 14.7. The zero-order chi connectivity index (χ0) is 33.6. The molecule has 3 aromatic carbocycles. The first kappa shape index (κ1) is 35.7. The van der Waals surface area contributed by atoms with Gasteiger partial charge < -0.3 is 25.8 Å². The molecule has 0 fully saturated rings. The Labute approximate surface area is 279 Å². The second-order valence-electron chi connectivity index (χ2n) is 12.7. The quantitative estimate of drug-likeness (QED) is 0.110. The molecule has 4 rings (SSSR count). The molecular formula is C39H50N4O4. The molecule has 8 nitrogen and oxygen atoms in total. The van der Waals surface area contributed by atoms with Crippen LogP contribution in [0.25, 0.3) is 10.8 Å². The van der Waals surface area contributed by atoms with Gasteiger partial charge in [-0.2, -0.15) is 0 Å². The van der Waals surface area contributed by atoms with Crippen LogP contribution in [-0.4, -0.2) is 46.7 Å². The van der Waals surface area contributed by atoms with Crippen molar-refractivity contribution in [2.45, 2.75) is 78.4 Å². The number of aromatic nitrogens is 1. The number of aliphatic hydroxyl groups is 1. The molecule has 1 heterocycles. The van der Waals surface area contributed by atoms with Crippen molar-refractivity contribution < 1.29 is 19.4 Å². The largest absolute Gasteiger partial charge is 0.391 e. The van der Waals surface area contributed by atoms with Gasteiger partial charge in [-0.1, -0.05) is 113 Å². The van der Waals surface area contributed by atoms with Gasteiger partial charge in [0.05, 0.1) is 31.1 Å². The number of rotatable bonds is 18. The van der Waals surface area contributed by atoms with Crippen molar-refractivity contribution in [3.8, 4) is 0 Å². The van der Waals surface area contributed by atoms with E-state index in [1.54, 1.807) is 6.20 Å². The lowest BCUT2D eigenvalue weighted by atomic mass is 9.86. The predicted molar refractivity (Wildman–Crippen MR) is 187 cm³/mol. The lowest BCUT2D eigenvalue weighted by Crippen LogP contribution is -2.53. The standard InChI is InChI=1S/C39H50N4O4/c1-5-28(4)37(39(46)42-23-29-14-7-6-8-15-29)43-38(45)34(27(2)3)22-36(44)35(41-24-32-19-11-12-21-40-32)26-47-25-31-18-13-17-30-16-9-10-20-33(30)31/h6-21,27-28,34-37,41,44H,5,22-26H2,1-4H3,(H,42,46)(H,43,45). The Morgan fingerprint density at radius 3 is 2.30 bits per heavy atom. The lowest BCUT2D eigenvalue weighted by Gasteiger charge is -2.31. The van der Waals surface area contributed by atoms with Crippen molar-refractivity contribution in [1.29, 1.82) is 0 Å². The van der Waals surface area contributed by atoms with Crippen molar-refractivity contribution in [2.75, 3.05) is 6.61 Å². The third-order valence-electron chi connectivity index (χ3n) is 8.91. The number of hydrogen-bond donors (Lipinski definition) is 4. The highest BCUT2D eigenvalue weighted by Crippen LogP contribution is 2.23. The van der Waals surface area contributed by atoms with Crippen molar-refractivity contribution >= 4 is 22.6 Å². The smallest absolute Gasteiger partial charge is 0.243 e. The zero-order valence-electron chi connectivity index (χ0n) is 28.1. The number of ether oxygens (including phenoxy) is 1. The highest BCUT2D eigenvalue weighted by Gasteiger charge is 2.33. The lowest BCUT2D eigenvalue weighted by molar-refractivity contribution is -0.134. The summed E-state index contributed by atoms with van der Waals surface area (Å²) in [6.07, 6.45) is 1.78. The molecule has 0 radical (unpaired) electrons. The molecule has 0 spiro atoms. The Bertz CT molecular complexity index is 1530. The molecule has 0 aliphatic rings. The number of nitrogens with zero attached hydrogens (tertiary/aromatic N) is 1. The number of nitrogens with one attached hydrogen (secondary N) is 3. The molecule has 1 aromatic heterocycles. The van der Waals surface area contributed by atoms with Crippen molar-refractivity contribution in [3.05, 3.63) is 114 Å². The Morgan fingerprint density at radius 2 is 1.57 bits per heavy atom. The number of benzene rings is 3. The highest BCUT2D eigenvalue weighted by molar-refractivity contribution is 5.89. The number of hydrogen-bond acceptors (Lipinski definition) is 6. The maximum absolute atomic E-state index is 13.8. The number of carbonyl (C=O) groups excluding carboxylic acids is 2. The second-order valence-corrected chi connectivity index (χ2v) is 12.7. The van der Waals surface area contributed by atoms with Gasteiger partial charge in [-0.15, -0.1) is 0 Å². The van der Waals surface area contributed by atoms with Crippen LogP contribution in [-0.2, 0) is 34.0 Å². The van der Waals surface area contributed by atoms with E-state index in [9.17, 15) is 14.7 Å². The third-order valence-corrected chi connectivity index (χ3v) is 8.91. The number of aliphatic hydroxyl groups excluding tert-OH is 1. The summed E-state index contributed by atoms with van der Waals surface area (Å²) >= 11 is 0. The topological polar surface area (TPSA) is 113 Å². The van der Waals surface area contributed by atoms with Crippen LogP contribution in [0.3, 0.4) is 0 Å². The fourth-order valence-corrected chi connectivity index (χ4v) is 5.72. The Kier molecular flexibility index (Phi) is 13.9. The van der Waals surface area contributed by atoms with E-state index >= 15 is 0 Å². The minimum atomic E-state index is -0.890. The third kappa shape index (κ3) is 10.7. The van der Waals surface area contributed by atoms with Gasteiger partial charge in [0.25, 0.3) is 0 Å². The summed E-state index contributed by atoms with van der Waals surface area (Å²) in [5.41, 5.74) is 2.90. The summed E-state index contributed by atoms with van der Waals surface area (Å²) in [6.45, 7) is 9.37. The van der Waals surface area contributed by atoms with Crippen LogP contribution in [0, 0.1) is 17.8 Å². The minimum Gasteiger partial charge on any atom is -0.391 e. The van der Waals surface area contributed by atoms with Gasteiger partial charge in [-0.3, -0.25) is 14.6 Å². The molecule has 47 heavy (non-hydrogen) atoms. The number of pyridine rings is 1. The van der Waals surface area contributed by atoms with Crippen LogP contribution in [0.1, 0.15) is 57.4 Å². The zero-order valence-corrected chi connectivity index (χ0v) is 28.1. The van der Waals surface area contributed by atoms with Crippen LogP contribution in [0.4, 0.5) is 0 Å². The SMILES string of the molecule is CCC(C)C(NC(=O)C(CC(O)C(COCc1cccc2ccccc12)NCc1ccccn1)C(C)C)C(=O)NCc1ccccc1. The maximum atomic E-state index is 13.8. The van der Waals surface area contributed by atoms with E-state index in [0.29, 0.717) is 19.7 Å². The monoisotopic (exact) mass is 638 g/mol. The van der Waals surface area contributed by atoms with Crippen LogP contribution in [0.15, 0.2) is 97.2 Å². The van der Waals surface area contributed by atoms with E-state index < -0.39 is 24.1 Å². The summed E-state index contributed by atoms with van der Waals surface area (Å²) in [5, 5.41) is 23.4. The van der Waals surface area contributed by atoms with Crippen LogP contribution >= 0.6 is 0 Å². The molecule has 0 bridgehead atoms. The molecule has 5 atom stereocenters. The Hall–Kier alpha value is -4.11. The van der Waals surface area contributed by atoms with Crippen molar-refractivity contribution in [1.82, 2.24) is 20.9 Å².